The van der Waals surface area contributed by atoms with Crippen molar-refractivity contribution in [1.82, 2.24) is 4.48 Å². The van der Waals surface area contributed by atoms with Crippen molar-refractivity contribution in [2.75, 3.05) is 19.6 Å². The molecule has 1 aliphatic rings. The van der Waals surface area contributed by atoms with Gasteiger partial charge in [-0.3, -0.25) is 4.48 Å². The van der Waals surface area contributed by atoms with Gasteiger partial charge in [0.2, 0.25) is 0 Å². The van der Waals surface area contributed by atoms with E-state index in [9.17, 15) is 0 Å². The van der Waals surface area contributed by atoms with Crippen molar-refractivity contribution in [2.24, 2.45) is 0 Å². The molecule has 0 aromatic heterocycles. The lowest BCUT2D eigenvalue weighted by Crippen LogP contribution is -2.47. The van der Waals surface area contributed by atoms with Gasteiger partial charge in [0.1, 0.15) is 5.69 Å². The van der Waals surface area contributed by atoms with Gasteiger partial charge in [0.15, 0.2) is 0 Å². The van der Waals surface area contributed by atoms with Crippen LogP contribution >= 0.6 is 0 Å². The Bertz CT molecular complexity index is 378. The van der Waals surface area contributed by atoms with Crippen molar-refractivity contribution < 1.29 is 0 Å². The first kappa shape index (κ1) is 17.5. The zero-order valence-electron chi connectivity index (χ0n) is 14.7. The summed E-state index contributed by atoms with van der Waals surface area (Å²) in [5, 5.41) is 0. The molecule has 0 aliphatic carbocycles. The quantitative estimate of drug-likeness (QED) is 0.331. The number of para-hydroxylation sites is 1. The monoisotopic (exact) mass is 302 g/mol. The smallest absolute Gasteiger partial charge is 0.132 e. The summed E-state index contributed by atoms with van der Waals surface area (Å²) in [5.41, 5.74) is 1.56. The highest BCUT2D eigenvalue weighted by molar-refractivity contribution is 5.43. The van der Waals surface area contributed by atoms with Gasteiger partial charge in [-0.2, -0.15) is 0 Å². The van der Waals surface area contributed by atoms with Gasteiger partial charge in [-0.25, -0.2) is 0 Å². The van der Waals surface area contributed by atoms with E-state index < -0.39 is 0 Å². The molecule has 1 aromatic rings. The summed E-state index contributed by atoms with van der Waals surface area (Å²) >= 11 is 0. The molecular formula is C21H36N+. The third kappa shape index (κ3) is 5.43. The fourth-order valence-corrected chi connectivity index (χ4v) is 4.02. The molecule has 0 atom stereocenters. The van der Waals surface area contributed by atoms with Crippen molar-refractivity contribution in [3.8, 4) is 0 Å². The highest BCUT2D eigenvalue weighted by Crippen LogP contribution is 2.30. The van der Waals surface area contributed by atoms with Crippen LogP contribution in [0.25, 0.3) is 0 Å². The summed E-state index contributed by atoms with van der Waals surface area (Å²) in [6, 6.07) is 11.3. The zero-order chi connectivity index (χ0) is 15.5. The molecule has 124 valence electrons. The van der Waals surface area contributed by atoms with Gasteiger partial charge in [-0.15, -0.1) is 0 Å². The molecule has 0 bridgehead atoms. The summed E-state index contributed by atoms with van der Waals surface area (Å²) < 4.78 is 1.26. The number of nitrogens with zero attached hydrogens (tertiary/aromatic N) is 1. The molecule has 0 N–H and O–H groups in total. The Hall–Kier alpha value is -0.820. The van der Waals surface area contributed by atoms with Gasteiger partial charge < -0.3 is 0 Å². The van der Waals surface area contributed by atoms with Crippen LogP contribution in [-0.2, 0) is 0 Å². The third-order valence-electron chi connectivity index (χ3n) is 5.42. The molecule has 1 heterocycles. The van der Waals surface area contributed by atoms with Crippen LogP contribution in [0.5, 0.6) is 0 Å². The maximum atomic E-state index is 2.35. The number of likely N-dealkylation sites (tertiary alicyclic amines) is 1. The highest BCUT2D eigenvalue weighted by Gasteiger charge is 2.33. The first-order chi connectivity index (χ1) is 10.9. The lowest BCUT2D eigenvalue weighted by Gasteiger charge is -2.34. The van der Waals surface area contributed by atoms with Crippen LogP contribution < -0.4 is 4.48 Å². The molecule has 2 rings (SSSR count). The third-order valence-corrected chi connectivity index (χ3v) is 5.42. The molecular weight excluding hydrogens is 266 g/mol. The SMILES string of the molecule is CCCCCCCCCCC[N+]1(c2ccccc2)CCCC1. The lowest BCUT2D eigenvalue weighted by atomic mass is 10.1. The highest BCUT2D eigenvalue weighted by atomic mass is 15.4. The van der Waals surface area contributed by atoms with E-state index in [2.05, 4.69) is 37.3 Å². The van der Waals surface area contributed by atoms with E-state index >= 15 is 0 Å². The van der Waals surface area contributed by atoms with E-state index in [0.717, 1.165) is 0 Å². The standard InChI is InChI=1S/C21H36N/c1-2-3-4-5-6-7-8-9-13-18-22(19-14-15-20-22)21-16-11-10-12-17-21/h10-12,16-17H,2-9,13-15,18-20H2,1H3/q+1. The molecule has 1 fully saturated rings. The van der Waals surface area contributed by atoms with Crippen molar-refractivity contribution >= 4 is 5.69 Å². The van der Waals surface area contributed by atoms with Crippen molar-refractivity contribution in [3.05, 3.63) is 30.3 Å². The minimum absolute atomic E-state index is 1.26. The van der Waals surface area contributed by atoms with E-state index in [1.807, 2.05) is 0 Å². The summed E-state index contributed by atoms with van der Waals surface area (Å²) in [4.78, 5) is 0. The summed E-state index contributed by atoms with van der Waals surface area (Å²) in [5.74, 6) is 0. The Morgan fingerprint density at radius 3 is 1.86 bits per heavy atom. The minimum atomic E-state index is 1.26. The maximum absolute atomic E-state index is 2.35. The van der Waals surface area contributed by atoms with Gasteiger partial charge in [0.05, 0.1) is 19.6 Å². The largest absolute Gasteiger partial charge is 0.291 e. The zero-order valence-corrected chi connectivity index (χ0v) is 14.7. The molecule has 0 unspecified atom stereocenters. The van der Waals surface area contributed by atoms with Gasteiger partial charge in [-0.1, -0.05) is 70.1 Å². The fraction of sp³-hybridized carbons (Fsp3) is 0.714. The number of unbranched alkanes of at least 4 members (excludes halogenated alkanes) is 8. The van der Waals surface area contributed by atoms with Crippen LogP contribution in [0.3, 0.4) is 0 Å². The summed E-state index contributed by atoms with van der Waals surface area (Å²) in [6.07, 6.45) is 15.7. The van der Waals surface area contributed by atoms with Crippen molar-refractivity contribution in [3.63, 3.8) is 0 Å². The van der Waals surface area contributed by atoms with Crippen LogP contribution in [0, 0.1) is 0 Å². The Morgan fingerprint density at radius 2 is 1.27 bits per heavy atom. The number of rotatable bonds is 11. The number of hydrogen-bond acceptors (Lipinski definition) is 0. The van der Waals surface area contributed by atoms with Crippen molar-refractivity contribution in [1.29, 1.82) is 0 Å². The Kier molecular flexibility index (Phi) is 8.01. The van der Waals surface area contributed by atoms with Gasteiger partial charge in [-0.05, 0) is 25.0 Å². The Balaban J connectivity index is 1.64. The van der Waals surface area contributed by atoms with E-state index in [4.69, 9.17) is 0 Å². The van der Waals surface area contributed by atoms with Crippen LogP contribution in [0.1, 0.15) is 77.6 Å². The first-order valence-electron chi connectivity index (χ1n) is 9.79. The number of quaternary nitrogens is 1. The molecule has 1 saturated heterocycles. The second-order valence-electron chi connectivity index (χ2n) is 7.19. The average Bonchev–Trinajstić information content (AvgIpc) is 3.04. The first-order valence-corrected chi connectivity index (χ1v) is 9.79. The predicted molar refractivity (Wildman–Crippen MR) is 99.3 cm³/mol. The molecule has 22 heavy (non-hydrogen) atoms. The Labute approximate surface area is 138 Å². The van der Waals surface area contributed by atoms with E-state index in [-0.39, 0.29) is 0 Å². The van der Waals surface area contributed by atoms with E-state index in [0.29, 0.717) is 0 Å². The van der Waals surface area contributed by atoms with Gasteiger partial charge in [0, 0.05) is 12.8 Å². The van der Waals surface area contributed by atoms with Crippen LogP contribution in [-0.4, -0.2) is 19.6 Å². The van der Waals surface area contributed by atoms with Gasteiger partial charge >= 0.3 is 0 Å². The fourth-order valence-electron chi connectivity index (χ4n) is 4.02. The van der Waals surface area contributed by atoms with Crippen LogP contribution in [0.4, 0.5) is 5.69 Å². The average molecular weight is 303 g/mol. The normalized spacial score (nSPS) is 17.0. The molecule has 0 amide bonds. The van der Waals surface area contributed by atoms with Gasteiger partial charge in [0.25, 0.3) is 0 Å². The summed E-state index contributed by atoms with van der Waals surface area (Å²) in [7, 11) is 0. The molecule has 0 saturated carbocycles. The lowest BCUT2D eigenvalue weighted by molar-refractivity contribution is 0.322. The molecule has 1 heteroatoms. The topological polar surface area (TPSA) is 0 Å². The second kappa shape index (κ2) is 10.0. The van der Waals surface area contributed by atoms with E-state index in [1.165, 1.54) is 94.7 Å². The molecule has 1 aromatic carbocycles. The Morgan fingerprint density at radius 1 is 0.727 bits per heavy atom. The summed E-state index contributed by atoms with van der Waals surface area (Å²) in [6.45, 7) is 6.38. The molecule has 0 radical (unpaired) electrons. The minimum Gasteiger partial charge on any atom is -0.291 e. The number of benzene rings is 1. The van der Waals surface area contributed by atoms with Crippen LogP contribution in [0.15, 0.2) is 30.3 Å². The van der Waals surface area contributed by atoms with Crippen molar-refractivity contribution in [2.45, 2.75) is 77.6 Å². The second-order valence-corrected chi connectivity index (χ2v) is 7.19. The van der Waals surface area contributed by atoms with E-state index in [1.54, 1.807) is 5.69 Å². The maximum Gasteiger partial charge on any atom is 0.132 e. The van der Waals surface area contributed by atoms with Crippen LogP contribution in [0.2, 0.25) is 0 Å². The number of hydrogen-bond donors (Lipinski definition) is 0. The molecule has 0 spiro atoms. The molecule has 1 nitrogen and oxygen atoms in total. The predicted octanol–water partition coefficient (Wildman–Crippen LogP) is 6.32. The molecule has 1 aliphatic heterocycles.